The van der Waals surface area contributed by atoms with Crippen LogP contribution in [0.15, 0.2) is 11.4 Å². The van der Waals surface area contributed by atoms with Crippen LogP contribution in [-0.2, 0) is 0 Å². The lowest BCUT2D eigenvalue weighted by Crippen LogP contribution is -1.54. The molecule has 0 amide bonds. The maximum absolute atomic E-state index is 10.7. The van der Waals surface area contributed by atoms with Crippen LogP contribution in [0.1, 0.15) is 0 Å². The van der Waals surface area contributed by atoms with Crippen LogP contribution in [0.25, 0.3) is 0 Å². The van der Waals surface area contributed by atoms with Gasteiger partial charge in [-0.05, 0) is 11.6 Å². The Kier molecular flexibility index (Phi) is 13.1. The predicted octanol–water partition coefficient (Wildman–Crippen LogP) is 2.57. The van der Waals surface area contributed by atoms with Gasteiger partial charge in [0, 0.05) is 0 Å². The van der Waals surface area contributed by atoms with E-state index in [-0.39, 0.29) is 9.41 Å². The molecule has 0 spiro atoms. The second kappa shape index (κ2) is 6.68. The van der Waals surface area contributed by atoms with Crippen molar-refractivity contribution >= 4 is 11.6 Å². The zero-order valence-corrected chi connectivity index (χ0v) is 4.08. The van der Waals surface area contributed by atoms with E-state index in [0.717, 1.165) is 0 Å². The van der Waals surface area contributed by atoms with Crippen molar-refractivity contribution in [1.29, 1.82) is 0 Å². The maximum Gasteiger partial charge on any atom is 0.317 e. The van der Waals surface area contributed by atoms with E-state index < -0.39 is 11.4 Å². The molecule has 0 radical (unpaired) electrons. The highest BCUT2D eigenvalue weighted by Crippen LogP contribution is 2.11. The summed E-state index contributed by atoms with van der Waals surface area (Å²) in [5.74, 6) is 0. The summed E-state index contributed by atoms with van der Waals surface area (Å²) in [6, 6.07) is 0. The Bertz CT molecular complexity index is 60.5. The van der Waals surface area contributed by atoms with Crippen molar-refractivity contribution in [2.24, 2.45) is 0 Å². The van der Waals surface area contributed by atoms with Gasteiger partial charge in [0.05, 0.1) is 0 Å². The molecule has 0 aliphatic carbocycles. The SMILES string of the molecule is F.F.FC(F)=C(F)Cl. The van der Waals surface area contributed by atoms with Gasteiger partial charge in [-0.25, -0.2) is 0 Å². The molecule has 0 aromatic heterocycles. The lowest BCUT2D eigenvalue weighted by Gasteiger charge is -1.70. The Labute approximate surface area is 46.7 Å². The van der Waals surface area contributed by atoms with Gasteiger partial charge < -0.3 is 0 Å². The smallest absolute Gasteiger partial charge is 0.269 e. The van der Waals surface area contributed by atoms with Crippen LogP contribution in [0, 0.1) is 0 Å². The first-order valence-corrected chi connectivity index (χ1v) is 1.38. The first-order chi connectivity index (χ1) is 2.64. The molecular weight excluding hydrogens is 154 g/mol. The van der Waals surface area contributed by atoms with Gasteiger partial charge in [0.2, 0.25) is 0 Å². The third-order valence-corrected chi connectivity index (χ3v) is 0.286. The van der Waals surface area contributed by atoms with Crippen LogP contribution in [0.3, 0.4) is 0 Å². The normalized spacial score (nSPS) is 6.00. The van der Waals surface area contributed by atoms with Crippen molar-refractivity contribution in [2.75, 3.05) is 0 Å². The molecule has 0 nitrogen and oxygen atoms in total. The molecule has 0 atom stereocenters. The van der Waals surface area contributed by atoms with Crippen molar-refractivity contribution in [3.63, 3.8) is 0 Å². The summed E-state index contributed by atoms with van der Waals surface area (Å²) in [5, 5.41) is -1.94. The zero-order chi connectivity index (χ0) is 5.15. The number of hydrogen-bond donors (Lipinski definition) is 0. The van der Waals surface area contributed by atoms with E-state index in [1.165, 1.54) is 0 Å². The van der Waals surface area contributed by atoms with Crippen LogP contribution in [0.5, 0.6) is 0 Å². The fourth-order valence-corrected chi connectivity index (χ4v) is 0. The van der Waals surface area contributed by atoms with E-state index in [9.17, 15) is 13.2 Å². The standard InChI is InChI=1S/C2ClF3.2FH/c3-1(4)2(5)6;;/h;2*1H. The molecule has 0 saturated heterocycles. The fraction of sp³-hybridized carbons (Fsp3) is 0. The minimum Gasteiger partial charge on any atom is -0.269 e. The Morgan fingerprint density at radius 3 is 1.12 bits per heavy atom. The second-order valence-corrected chi connectivity index (χ2v) is 0.853. The quantitative estimate of drug-likeness (QED) is 0.473. The molecule has 6 heteroatoms. The first-order valence-electron chi connectivity index (χ1n) is 1.01. The molecule has 0 aromatic carbocycles. The van der Waals surface area contributed by atoms with Gasteiger partial charge in [-0.2, -0.15) is 13.2 Å². The molecule has 0 N–H and O–H groups in total. The Balaban J connectivity index is -0.000000125. The summed E-state index contributed by atoms with van der Waals surface area (Å²) in [5.41, 5.74) is 0. The van der Waals surface area contributed by atoms with Gasteiger partial charge in [-0.15, -0.1) is 0 Å². The average molecular weight is 156 g/mol. The van der Waals surface area contributed by atoms with Crippen molar-refractivity contribution < 1.29 is 22.6 Å². The Morgan fingerprint density at radius 1 is 1.00 bits per heavy atom. The fourth-order valence-electron chi connectivity index (χ4n) is 0. The predicted molar refractivity (Wildman–Crippen MR) is 21.2 cm³/mol. The molecule has 0 heterocycles. The van der Waals surface area contributed by atoms with E-state index in [1.54, 1.807) is 0 Å². The number of halogens is 6. The van der Waals surface area contributed by atoms with Crippen molar-refractivity contribution in [3.8, 4) is 0 Å². The van der Waals surface area contributed by atoms with Gasteiger partial charge in [0.25, 0.3) is 5.29 Å². The molecule has 0 aliphatic heterocycles. The van der Waals surface area contributed by atoms with Gasteiger partial charge in [0.1, 0.15) is 0 Å². The van der Waals surface area contributed by atoms with E-state index >= 15 is 0 Å². The highest BCUT2D eigenvalue weighted by atomic mass is 35.5. The topological polar surface area (TPSA) is 0 Å². The summed E-state index contributed by atoms with van der Waals surface area (Å²) >= 11 is 4.08. The molecule has 0 aromatic rings. The summed E-state index contributed by atoms with van der Waals surface area (Å²) in [6.07, 6.45) is -2.48. The van der Waals surface area contributed by atoms with Gasteiger partial charge in [-0.3, -0.25) is 9.41 Å². The van der Waals surface area contributed by atoms with Crippen molar-refractivity contribution in [3.05, 3.63) is 11.4 Å². The highest BCUT2D eigenvalue weighted by Gasteiger charge is 1.95. The molecule has 0 fully saturated rings. The minimum absolute atomic E-state index is 0. The molecular formula is C2H2ClF5. The van der Waals surface area contributed by atoms with Gasteiger partial charge in [-0.1, -0.05) is 0 Å². The number of hydrogen-bond acceptors (Lipinski definition) is 0. The lowest BCUT2D eigenvalue weighted by atomic mass is 11.1. The van der Waals surface area contributed by atoms with E-state index in [4.69, 9.17) is 0 Å². The molecule has 52 valence electrons. The molecule has 0 bridgehead atoms. The molecule has 0 unspecified atom stereocenters. The summed E-state index contributed by atoms with van der Waals surface area (Å²) in [6.45, 7) is 0. The molecule has 0 rings (SSSR count). The Hall–Kier alpha value is -0.320. The summed E-state index contributed by atoms with van der Waals surface area (Å²) in [7, 11) is 0. The van der Waals surface area contributed by atoms with Crippen molar-refractivity contribution in [2.45, 2.75) is 0 Å². The zero-order valence-electron chi connectivity index (χ0n) is 3.33. The van der Waals surface area contributed by atoms with Crippen LogP contribution in [0.4, 0.5) is 22.6 Å². The summed E-state index contributed by atoms with van der Waals surface area (Å²) < 4.78 is 31.8. The number of rotatable bonds is 0. The minimum atomic E-state index is -2.48. The van der Waals surface area contributed by atoms with Crippen LogP contribution in [0.2, 0.25) is 0 Å². The molecule has 0 aliphatic rings. The van der Waals surface area contributed by atoms with Gasteiger partial charge in [0.15, 0.2) is 0 Å². The van der Waals surface area contributed by atoms with E-state index in [0.29, 0.717) is 0 Å². The largest absolute Gasteiger partial charge is 0.317 e. The lowest BCUT2D eigenvalue weighted by molar-refractivity contribution is 0.393. The molecule has 8 heavy (non-hydrogen) atoms. The van der Waals surface area contributed by atoms with E-state index in [2.05, 4.69) is 11.6 Å². The average Bonchev–Trinajstić information content (AvgIpc) is 1.36. The first kappa shape index (κ1) is 15.6. The second-order valence-electron chi connectivity index (χ2n) is 0.521. The third-order valence-electron chi connectivity index (χ3n) is 0.143. The monoisotopic (exact) mass is 156 g/mol. The summed E-state index contributed by atoms with van der Waals surface area (Å²) in [4.78, 5) is 0. The van der Waals surface area contributed by atoms with Gasteiger partial charge >= 0.3 is 6.08 Å². The van der Waals surface area contributed by atoms with Crippen LogP contribution < -0.4 is 0 Å². The third kappa shape index (κ3) is 9.19. The van der Waals surface area contributed by atoms with Crippen LogP contribution >= 0.6 is 11.6 Å². The highest BCUT2D eigenvalue weighted by molar-refractivity contribution is 6.28. The Morgan fingerprint density at radius 2 is 1.12 bits per heavy atom. The maximum atomic E-state index is 10.7. The van der Waals surface area contributed by atoms with E-state index in [1.807, 2.05) is 0 Å². The van der Waals surface area contributed by atoms with Crippen molar-refractivity contribution in [1.82, 2.24) is 0 Å². The molecule has 0 saturated carbocycles. The van der Waals surface area contributed by atoms with Crippen LogP contribution in [-0.4, -0.2) is 0 Å².